The molecule has 0 radical (unpaired) electrons. The van der Waals surface area contributed by atoms with Gasteiger partial charge < -0.3 is 10.3 Å². The van der Waals surface area contributed by atoms with E-state index < -0.39 is 11.6 Å². The van der Waals surface area contributed by atoms with Gasteiger partial charge in [0.25, 0.3) is 0 Å². The van der Waals surface area contributed by atoms with Crippen molar-refractivity contribution < 1.29 is 8.78 Å². The van der Waals surface area contributed by atoms with Crippen LogP contribution in [0.15, 0.2) is 12.1 Å². The molecular formula is C12H13F2N3. The second-order valence-corrected chi connectivity index (χ2v) is 4.57. The minimum Gasteiger partial charge on any atom is -0.369 e. The van der Waals surface area contributed by atoms with E-state index in [1.165, 1.54) is 6.07 Å². The van der Waals surface area contributed by atoms with E-state index in [1.54, 1.807) is 0 Å². The van der Waals surface area contributed by atoms with Gasteiger partial charge in [0.2, 0.25) is 5.95 Å². The molecule has 2 N–H and O–H groups in total. The lowest BCUT2D eigenvalue weighted by atomic mass is 10.3. The first-order chi connectivity index (χ1) is 8.11. The molecule has 0 spiro atoms. The molecule has 1 saturated carbocycles. The summed E-state index contributed by atoms with van der Waals surface area (Å²) in [6.45, 7) is 2.11. The summed E-state index contributed by atoms with van der Waals surface area (Å²) in [4.78, 5) is 4.08. The fourth-order valence-corrected chi connectivity index (χ4v) is 2.44. The molecule has 5 heteroatoms. The van der Waals surface area contributed by atoms with Crippen molar-refractivity contribution in [1.29, 1.82) is 0 Å². The van der Waals surface area contributed by atoms with Crippen LogP contribution in [0.25, 0.3) is 11.0 Å². The lowest BCUT2D eigenvalue weighted by Gasteiger charge is -2.05. The number of rotatable bonds is 2. The number of fused-ring (bicyclic) bond motifs is 1. The fourth-order valence-electron chi connectivity index (χ4n) is 2.44. The first-order valence-corrected chi connectivity index (χ1v) is 5.74. The number of nitrogen functional groups attached to an aromatic ring is 1. The van der Waals surface area contributed by atoms with Crippen molar-refractivity contribution in [2.24, 2.45) is 5.92 Å². The Bertz CT molecular complexity index is 591. The van der Waals surface area contributed by atoms with E-state index in [1.807, 2.05) is 4.57 Å². The SMILES string of the molecule is CCC1CC1n1c(N)nc2cc(F)c(F)cc21. The number of imidazole rings is 1. The summed E-state index contributed by atoms with van der Waals surface area (Å²) in [6, 6.07) is 2.56. The molecule has 1 aliphatic carbocycles. The van der Waals surface area contributed by atoms with Gasteiger partial charge >= 0.3 is 0 Å². The molecule has 3 nitrogen and oxygen atoms in total. The van der Waals surface area contributed by atoms with Gasteiger partial charge in [0, 0.05) is 18.2 Å². The van der Waals surface area contributed by atoms with E-state index in [2.05, 4.69) is 11.9 Å². The Hall–Kier alpha value is -1.65. The molecule has 1 aliphatic rings. The first kappa shape index (κ1) is 10.5. The van der Waals surface area contributed by atoms with Gasteiger partial charge in [-0.25, -0.2) is 13.8 Å². The molecule has 2 atom stereocenters. The van der Waals surface area contributed by atoms with Gasteiger partial charge in [-0.3, -0.25) is 0 Å². The van der Waals surface area contributed by atoms with E-state index in [9.17, 15) is 8.78 Å². The van der Waals surface area contributed by atoms with Gasteiger partial charge in [-0.05, 0) is 12.3 Å². The smallest absolute Gasteiger partial charge is 0.201 e. The van der Waals surface area contributed by atoms with Crippen LogP contribution in [0.3, 0.4) is 0 Å². The van der Waals surface area contributed by atoms with E-state index in [0.717, 1.165) is 18.9 Å². The predicted molar refractivity (Wildman–Crippen MR) is 61.5 cm³/mol. The zero-order chi connectivity index (χ0) is 12.2. The summed E-state index contributed by atoms with van der Waals surface area (Å²) in [5.74, 6) is -0.828. The average molecular weight is 237 g/mol. The number of benzene rings is 1. The Morgan fingerprint density at radius 2 is 2.12 bits per heavy atom. The van der Waals surface area contributed by atoms with Crippen LogP contribution in [0.4, 0.5) is 14.7 Å². The Morgan fingerprint density at radius 3 is 2.76 bits per heavy atom. The number of aromatic nitrogens is 2. The van der Waals surface area contributed by atoms with E-state index in [0.29, 0.717) is 22.9 Å². The highest BCUT2D eigenvalue weighted by atomic mass is 19.2. The second kappa shape index (κ2) is 3.42. The highest BCUT2D eigenvalue weighted by Crippen LogP contribution is 2.48. The summed E-state index contributed by atoms with van der Waals surface area (Å²) in [7, 11) is 0. The van der Waals surface area contributed by atoms with Gasteiger partial charge in [0.15, 0.2) is 11.6 Å². The number of hydrogen-bond acceptors (Lipinski definition) is 2. The van der Waals surface area contributed by atoms with Gasteiger partial charge in [-0.1, -0.05) is 13.3 Å². The normalized spacial score (nSPS) is 23.2. The van der Waals surface area contributed by atoms with E-state index >= 15 is 0 Å². The monoisotopic (exact) mass is 237 g/mol. The maximum Gasteiger partial charge on any atom is 0.201 e. The van der Waals surface area contributed by atoms with Gasteiger partial charge in [0.1, 0.15) is 0 Å². The van der Waals surface area contributed by atoms with Gasteiger partial charge in [-0.15, -0.1) is 0 Å². The van der Waals surface area contributed by atoms with Crippen LogP contribution in [-0.2, 0) is 0 Å². The molecule has 0 saturated heterocycles. The van der Waals surface area contributed by atoms with E-state index in [4.69, 9.17) is 5.73 Å². The van der Waals surface area contributed by atoms with Gasteiger partial charge in [-0.2, -0.15) is 0 Å². The van der Waals surface area contributed by atoms with Crippen molar-refractivity contribution >= 4 is 17.0 Å². The van der Waals surface area contributed by atoms with Crippen LogP contribution in [0, 0.1) is 17.6 Å². The standard InChI is InChI=1S/C12H13F2N3/c1-2-6-3-10(6)17-11-5-8(14)7(13)4-9(11)16-12(17)15/h4-6,10H,2-3H2,1H3,(H2,15,16). The summed E-state index contributed by atoms with van der Waals surface area (Å²) < 4.78 is 28.2. The molecule has 1 aromatic heterocycles. The quantitative estimate of drug-likeness (QED) is 0.872. The summed E-state index contributed by atoms with van der Waals surface area (Å²) in [5.41, 5.74) is 6.82. The number of anilines is 1. The molecule has 2 aromatic rings. The average Bonchev–Trinajstić information content (AvgIpc) is 2.98. The number of nitrogens with zero attached hydrogens (tertiary/aromatic N) is 2. The lowest BCUT2D eigenvalue weighted by Crippen LogP contribution is -2.02. The van der Waals surface area contributed by atoms with Crippen LogP contribution in [0.1, 0.15) is 25.8 Å². The topological polar surface area (TPSA) is 43.8 Å². The molecule has 3 rings (SSSR count). The first-order valence-electron chi connectivity index (χ1n) is 5.74. The minimum absolute atomic E-state index is 0.287. The lowest BCUT2D eigenvalue weighted by molar-refractivity contribution is 0.510. The number of halogens is 2. The molecule has 1 heterocycles. The molecule has 0 amide bonds. The number of hydrogen-bond donors (Lipinski definition) is 1. The summed E-state index contributed by atoms with van der Waals surface area (Å²) in [5, 5.41) is 0. The number of nitrogens with two attached hydrogens (primary N) is 1. The molecule has 0 bridgehead atoms. The van der Waals surface area contributed by atoms with Crippen molar-refractivity contribution in [2.75, 3.05) is 5.73 Å². The van der Waals surface area contributed by atoms with Crippen LogP contribution in [-0.4, -0.2) is 9.55 Å². The highest BCUT2D eigenvalue weighted by molar-refractivity contribution is 5.79. The van der Waals surface area contributed by atoms with Crippen LogP contribution >= 0.6 is 0 Å². The van der Waals surface area contributed by atoms with Crippen LogP contribution in [0.2, 0.25) is 0 Å². The molecular weight excluding hydrogens is 224 g/mol. The Labute approximate surface area is 97.2 Å². The largest absolute Gasteiger partial charge is 0.369 e. The third kappa shape index (κ3) is 1.49. The minimum atomic E-state index is -0.884. The molecule has 1 fully saturated rings. The second-order valence-electron chi connectivity index (χ2n) is 4.57. The highest BCUT2D eigenvalue weighted by Gasteiger charge is 2.39. The third-order valence-corrected chi connectivity index (χ3v) is 3.50. The van der Waals surface area contributed by atoms with Gasteiger partial charge in [0.05, 0.1) is 11.0 Å². The zero-order valence-electron chi connectivity index (χ0n) is 9.45. The molecule has 1 aromatic carbocycles. The zero-order valence-corrected chi connectivity index (χ0v) is 9.45. The summed E-state index contributed by atoms with van der Waals surface area (Å²) in [6.07, 6.45) is 2.10. The van der Waals surface area contributed by atoms with Crippen LogP contribution in [0.5, 0.6) is 0 Å². The van der Waals surface area contributed by atoms with Crippen LogP contribution < -0.4 is 5.73 Å². The predicted octanol–water partition coefficient (Wildman–Crippen LogP) is 2.87. The molecule has 0 aliphatic heterocycles. The third-order valence-electron chi connectivity index (χ3n) is 3.50. The fraction of sp³-hybridized carbons (Fsp3) is 0.417. The molecule has 17 heavy (non-hydrogen) atoms. The van der Waals surface area contributed by atoms with Crippen molar-refractivity contribution in [2.45, 2.75) is 25.8 Å². The maximum absolute atomic E-state index is 13.2. The Balaban J connectivity index is 2.17. The van der Waals surface area contributed by atoms with E-state index in [-0.39, 0.29) is 6.04 Å². The van der Waals surface area contributed by atoms with Crippen molar-refractivity contribution in [3.05, 3.63) is 23.8 Å². The maximum atomic E-state index is 13.2. The Morgan fingerprint density at radius 1 is 1.41 bits per heavy atom. The molecule has 90 valence electrons. The van der Waals surface area contributed by atoms with Crippen molar-refractivity contribution in [3.8, 4) is 0 Å². The van der Waals surface area contributed by atoms with Crippen molar-refractivity contribution in [3.63, 3.8) is 0 Å². The Kier molecular flexibility index (Phi) is 2.11. The summed E-state index contributed by atoms with van der Waals surface area (Å²) >= 11 is 0. The van der Waals surface area contributed by atoms with Crippen molar-refractivity contribution in [1.82, 2.24) is 9.55 Å². The molecule has 2 unspecified atom stereocenters.